The Morgan fingerprint density at radius 2 is 2.19 bits per heavy atom. The Hall–Kier alpha value is -1.10. The van der Waals surface area contributed by atoms with Crippen LogP contribution in [0.2, 0.25) is 0 Å². The Kier molecular flexibility index (Phi) is 3.77. The van der Waals surface area contributed by atoms with Crippen LogP contribution < -0.4 is 11.0 Å². The van der Waals surface area contributed by atoms with Gasteiger partial charge in [0, 0.05) is 13.0 Å². The van der Waals surface area contributed by atoms with Crippen molar-refractivity contribution in [3.05, 3.63) is 16.3 Å². The van der Waals surface area contributed by atoms with Crippen molar-refractivity contribution in [2.45, 2.75) is 39.2 Å². The fourth-order valence-electron chi connectivity index (χ4n) is 2.19. The standard InChI is InChI=1S/C11H20N4O/c1-2-10-13-11(16)15(14-10)8-5-9-3-6-12-7-4-9/h9,12H,2-8H2,1H3,(H,13,14,16). The Labute approximate surface area is 95.2 Å². The molecule has 0 radical (unpaired) electrons. The van der Waals surface area contributed by atoms with E-state index in [1.807, 2.05) is 6.92 Å². The lowest BCUT2D eigenvalue weighted by molar-refractivity contribution is 0.330. The molecule has 1 aromatic rings. The number of nitrogens with zero attached hydrogens (tertiary/aromatic N) is 2. The Morgan fingerprint density at radius 3 is 2.81 bits per heavy atom. The van der Waals surface area contributed by atoms with Gasteiger partial charge in [0.15, 0.2) is 0 Å². The number of hydrogen-bond donors (Lipinski definition) is 2. The normalized spacial score (nSPS) is 17.8. The Morgan fingerprint density at radius 1 is 1.44 bits per heavy atom. The summed E-state index contributed by atoms with van der Waals surface area (Å²) in [4.78, 5) is 14.3. The summed E-state index contributed by atoms with van der Waals surface area (Å²) in [6, 6.07) is 0. The van der Waals surface area contributed by atoms with Gasteiger partial charge in [0.05, 0.1) is 0 Å². The average Bonchev–Trinajstić information content (AvgIpc) is 2.69. The van der Waals surface area contributed by atoms with Crippen LogP contribution in [-0.2, 0) is 13.0 Å². The van der Waals surface area contributed by atoms with Crippen molar-refractivity contribution in [2.75, 3.05) is 13.1 Å². The van der Waals surface area contributed by atoms with Crippen LogP contribution in [0.15, 0.2) is 4.79 Å². The van der Waals surface area contributed by atoms with Crippen molar-refractivity contribution >= 4 is 0 Å². The highest BCUT2D eigenvalue weighted by Gasteiger charge is 2.13. The van der Waals surface area contributed by atoms with Crippen LogP contribution in [0.25, 0.3) is 0 Å². The number of rotatable bonds is 4. The molecular formula is C11H20N4O. The molecule has 1 aliphatic heterocycles. The molecule has 2 rings (SSSR count). The molecule has 5 heteroatoms. The third kappa shape index (κ3) is 2.72. The van der Waals surface area contributed by atoms with Gasteiger partial charge in [-0.2, -0.15) is 5.10 Å². The first-order valence-electron chi connectivity index (χ1n) is 6.16. The number of piperidine rings is 1. The van der Waals surface area contributed by atoms with Crippen molar-refractivity contribution < 1.29 is 0 Å². The van der Waals surface area contributed by atoms with Gasteiger partial charge >= 0.3 is 5.69 Å². The molecule has 1 saturated heterocycles. The summed E-state index contributed by atoms with van der Waals surface area (Å²) in [5, 5.41) is 7.59. The molecule has 0 saturated carbocycles. The van der Waals surface area contributed by atoms with Gasteiger partial charge in [-0.3, -0.25) is 4.98 Å². The highest BCUT2D eigenvalue weighted by molar-refractivity contribution is 4.81. The van der Waals surface area contributed by atoms with E-state index in [-0.39, 0.29) is 5.69 Å². The summed E-state index contributed by atoms with van der Waals surface area (Å²) in [5.74, 6) is 1.53. The van der Waals surface area contributed by atoms with Crippen molar-refractivity contribution in [2.24, 2.45) is 5.92 Å². The Bertz CT molecular complexity index is 376. The minimum absolute atomic E-state index is 0.0641. The second-order valence-electron chi connectivity index (χ2n) is 4.44. The molecule has 2 N–H and O–H groups in total. The predicted octanol–water partition coefficient (Wildman–Crippen LogP) is 0.523. The number of H-pyrrole nitrogens is 1. The first kappa shape index (κ1) is 11.4. The third-order valence-corrected chi connectivity index (χ3v) is 3.27. The maximum Gasteiger partial charge on any atom is 0.343 e. The fraction of sp³-hybridized carbons (Fsp3) is 0.818. The van der Waals surface area contributed by atoms with Crippen LogP contribution >= 0.6 is 0 Å². The second-order valence-corrected chi connectivity index (χ2v) is 4.44. The fourth-order valence-corrected chi connectivity index (χ4v) is 2.19. The number of hydrogen-bond acceptors (Lipinski definition) is 3. The molecule has 1 fully saturated rings. The zero-order chi connectivity index (χ0) is 11.4. The summed E-state index contributed by atoms with van der Waals surface area (Å²) < 4.78 is 1.57. The van der Waals surface area contributed by atoms with Gasteiger partial charge < -0.3 is 5.32 Å². The predicted molar refractivity (Wildman–Crippen MR) is 62.4 cm³/mol. The van der Waals surface area contributed by atoms with E-state index in [0.29, 0.717) is 0 Å². The highest BCUT2D eigenvalue weighted by atomic mass is 16.1. The summed E-state index contributed by atoms with van der Waals surface area (Å²) >= 11 is 0. The van der Waals surface area contributed by atoms with Crippen LogP contribution in [0, 0.1) is 5.92 Å². The van der Waals surface area contributed by atoms with Crippen LogP contribution in [0.5, 0.6) is 0 Å². The monoisotopic (exact) mass is 224 g/mol. The molecule has 1 aromatic heterocycles. The first-order chi connectivity index (χ1) is 7.79. The van der Waals surface area contributed by atoms with Crippen molar-refractivity contribution in [3.63, 3.8) is 0 Å². The van der Waals surface area contributed by atoms with Crippen LogP contribution in [0.4, 0.5) is 0 Å². The highest BCUT2D eigenvalue weighted by Crippen LogP contribution is 2.15. The van der Waals surface area contributed by atoms with Gasteiger partial charge in [-0.05, 0) is 38.3 Å². The van der Waals surface area contributed by atoms with E-state index in [0.717, 1.165) is 44.2 Å². The van der Waals surface area contributed by atoms with Gasteiger partial charge in [-0.1, -0.05) is 6.92 Å². The number of aromatic nitrogens is 3. The van der Waals surface area contributed by atoms with Crippen molar-refractivity contribution in [3.8, 4) is 0 Å². The van der Waals surface area contributed by atoms with E-state index in [1.54, 1.807) is 4.68 Å². The molecule has 0 unspecified atom stereocenters. The lowest BCUT2D eigenvalue weighted by Gasteiger charge is -2.22. The van der Waals surface area contributed by atoms with Crippen LogP contribution in [-0.4, -0.2) is 27.9 Å². The topological polar surface area (TPSA) is 62.7 Å². The SMILES string of the molecule is CCc1nn(CCC2CCNCC2)c(=O)[nH]1. The molecule has 90 valence electrons. The maximum atomic E-state index is 11.5. The summed E-state index contributed by atoms with van der Waals surface area (Å²) in [7, 11) is 0. The lowest BCUT2D eigenvalue weighted by Crippen LogP contribution is -2.29. The number of aromatic amines is 1. The van der Waals surface area contributed by atoms with E-state index in [4.69, 9.17) is 0 Å². The molecule has 0 aliphatic carbocycles. The van der Waals surface area contributed by atoms with Gasteiger partial charge in [-0.15, -0.1) is 0 Å². The maximum absolute atomic E-state index is 11.5. The average molecular weight is 224 g/mol. The molecule has 0 spiro atoms. The van der Waals surface area contributed by atoms with Gasteiger partial charge in [-0.25, -0.2) is 9.48 Å². The zero-order valence-corrected chi connectivity index (χ0v) is 9.83. The van der Waals surface area contributed by atoms with E-state index >= 15 is 0 Å². The summed E-state index contributed by atoms with van der Waals surface area (Å²) in [5.41, 5.74) is -0.0641. The molecule has 5 nitrogen and oxygen atoms in total. The van der Waals surface area contributed by atoms with Crippen LogP contribution in [0.3, 0.4) is 0 Å². The molecule has 1 aliphatic rings. The number of aryl methyl sites for hydroxylation is 2. The summed E-state index contributed by atoms with van der Waals surface area (Å²) in [6.07, 6.45) is 4.30. The minimum atomic E-state index is -0.0641. The van der Waals surface area contributed by atoms with E-state index in [9.17, 15) is 4.79 Å². The van der Waals surface area contributed by atoms with E-state index < -0.39 is 0 Å². The smallest absolute Gasteiger partial charge is 0.317 e. The summed E-state index contributed by atoms with van der Waals surface area (Å²) in [6.45, 7) is 4.97. The molecule has 0 atom stereocenters. The third-order valence-electron chi connectivity index (χ3n) is 3.27. The van der Waals surface area contributed by atoms with Gasteiger partial charge in [0.2, 0.25) is 0 Å². The molecule has 0 amide bonds. The van der Waals surface area contributed by atoms with Crippen molar-refractivity contribution in [1.29, 1.82) is 0 Å². The first-order valence-corrected chi connectivity index (χ1v) is 6.16. The lowest BCUT2D eigenvalue weighted by atomic mass is 9.95. The molecule has 0 aromatic carbocycles. The van der Waals surface area contributed by atoms with Gasteiger partial charge in [0.1, 0.15) is 5.82 Å². The molecule has 0 bridgehead atoms. The van der Waals surface area contributed by atoms with Crippen LogP contribution in [0.1, 0.15) is 32.0 Å². The zero-order valence-electron chi connectivity index (χ0n) is 9.83. The quantitative estimate of drug-likeness (QED) is 0.784. The number of nitrogens with one attached hydrogen (secondary N) is 2. The van der Waals surface area contributed by atoms with Gasteiger partial charge in [0.25, 0.3) is 0 Å². The Balaban J connectivity index is 1.88. The second kappa shape index (κ2) is 5.30. The molecular weight excluding hydrogens is 204 g/mol. The molecule has 16 heavy (non-hydrogen) atoms. The van der Waals surface area contributed by atoms with Crippen molar-refractivity contribution in [1.82, 2.24) is 20.1 Å². The molecule has 2 heterocycles. The van der Waals surface area contributed by atoms with E-state index in [2.05, 4.69) is 15.4 Å². The van der Waals surface area contributed by atoms with E-state index in [1.165, 1.54) is 12.8 Å². The minimum Gasteiger partial charge on any atom is -0.317 e. The largest absolute Gasteiger partial charge is 0.343 e.